The van der Waals surface area contributed by atoms with E-state index in [4.69, 9.17) is 16.1 Å². The highest BCUT2D eigenvalue weighted by atomic mass is 35.5. The van der Waals surface area contributed by atoms with Gasteiger partial charge in [0.05, 0.1) is 0 Å². The molecule has 0 N–H and O–H groups in total. The van der Waals surface area contributed by atoms with Gasteiger partial charge >= 0.3 is 0 Å². The average Bonchev–Trinajstić information content (AvgIpc) is 3.19. The maximum absolute atomic E-state index is 12.6. The van der Waals surface area contributed by atoms with E-state index in [1.54, 1.807) is 24.3 Å². The normalized spacial score (nSPS) is 15.1. The first kappa shape index (κ1) is 17.7. The van der Waals surface area contributed by atoms with Crippen molar-refractivity contribution in [1.82, 2.24) is 15.0 Å². The van der Waals surface area contributed by atoms with Crippen LogP contribution in [0.2, 0.25) is 5.02 Å². The zero-order valence-corrected chi connectivity index (χ0v) is 15.8. The highest BCUT2D eigenvalue weighted by Gasteiger charge is 2.28. The molecule has 6 heteroatoms. The average molecular weight is 382 g/mol. The molecule has 0 saturated carbocycles. The van der Waals surface area contributed by atoms with Crippen LogP contribution >= 0.6 is 11.6 Å². The predicted molar refractivity (Wildman–Crippen MR) is 104 cm³/mol. The highest BCUT2D eigenvalue weighted by Crippen LogP contribution is 2.29. The first-order valence-electron chi connectivity index (χ1n) is 9.05. The lowest BCUT2D eigenvalue weighted by Gasteiger charge is -2.30. The Morgan fingerprint density at radius 3 is 2.41 bits per heavy atom. The summed E-state index contributed by atoms with van der Waals surface area (Å²) >= 11 is 5.89. The molecule has 0 bridgehead atoms. The molecular weight excluding hydrogens is 362 g/mol. The molecule has 138 valence electrons. The molecule has 0 atom stereocenters. The van der Waals surface area contributed by atoms with E-state index in [2.05, 4.69) is 10.1 Å². The minimum Gasteiger partial charge on any atom is -0.339 e. The summed E-state index contributed by atoms with van der Waals surface area (Å²) in [6.45, 7) is 3.40. The fraction of sp³-hybridized carbons (Fsp3) is 0.286. The number of amides is 1. The SMILES string of the molecule is Cc1ccc(-c2noc(C3CCN(C(=O)c4ccc(Cl)cc4)CC3)n2)cc1. The molecule has 1 aliphatic heterocycles. The predicted octanol–water partition coefficient (Wildman–Crippen LogP) is 4.72. The van der Waals surface area contributed by atoms with Gasteiger partial charge in [-0.2, -0.15) is 4.98 Å². The second-order valence-corrected chi connectivity index (χ2v) is 7.33. The number of nitrogens with zero attached hydrogens (tertiary/aromatic N) is 3. The van der Waals surface area contributed by atoms with Crippen LogP contribution in [0.15, 0.2) is 53.1 Å². The maximum Gasteiger partial charge on any atom is 0.253 e. The van der Waals surface area contributed by atoms with Gasteiger partial charge in [0.15, 0.2) is 0 Å². The smallest absolute Gasteiger partial charge is 0.253 e. The molecule has 27 heavy (non-hydrogen) atoms. The Kier molecular flexibility index (Phi) is 4.94. The molecule has 1 aliphatic rings. The summed E-state index contributed by atoms with van der Waals surface area (Å²) in [5.74, 6) is 1.50. The number of aryl methyl sites for hydroxylation is 1. The fourth-order valence-electron chi connectivity index (χ4n) is 3.33. The molecule has 2 aromatic carbocycles. The van der Waals surface area contributed by atoms with Gasteiger partial charge in [0, 0.05) is 35.2 Å². The van der Waals surface area contributed by atoms with Crippen LogP contribution in [0, 0.1) is 6.92 Å². The molecule has 3 aromatic rings. The summed E-state index contributed by atoms with van der Waals surface area (Å²) in [6.07, 6.45) is 1.63. The van der Waals surface area contributed by atoms with E-state index < -0.39 is 0 Å². The van der Waals surface area contributed by atoms with Crippen LogP contribution in [0.5, 0.6) is 0 Å². The number of halogens is 1. The zero-order valence-electron chi connectivity index (χ0n) is 15.1. The molecule has 2 heterocycles. The van der Waals surface area contributed by atoms with Gasteiger partial charge in [-0.25, -0.2) is 0 Å². The monoisotopic (exact) mass is 381 g/mol. The van der Waals surface area contributed by atoms with E-state index in [9.17, 15) is 4.79 Å². The molecule has 1 fully saturated rings. The minimum absolute atomic E-state index is 0.0380. The van der Waals surface area contributed by atoms with Crippen LogP contribution in [-0.4, -0.2) is 34.0 Å². The summed E-state index contributed by atoms with van der Waals surface area (Å²) < 4.78 is 5.50. The lowest BCUT2D eigenvalue weighted by molar-refractivity contribution is 0.0704. The van der Waals surface area contributed by atoms with Gasteiger partial charge in [-0.1, -0.05) is 46.6 Å². The number of rotatable bonds is 3. The van der Waals surface area contributed by atoms with E-state index in [1.165, 1.54) is 5.56 Å². The van der Waals surface area contributed by atoms with Crippen molar-refractivity contribution >= 4 is 17.5 Å². The number of hydrogen-bond donors (Lipinski definition) is 0. The topological polar surface area (TPSA) is 59.2 Å². The van der Waals surface area contributed by atoms with E-state index >= 15 is 0 Å². The second-order valence-electron chi connectivity index (χ2n) is 6.90. The van der Waals surface area contributed by atoms with Crippen molar-refractivity contribution in [2.75, 3.05) is 13.1 Å². The van der Waals surface area contributed by atoms with Crippen molar-refractivity contribution in [2.45, 2.75) is 25.7 Å². The number of hydrogen-bond acceptors (Lipinski definition) is 4. The molecule has 1 amide bonds. The van der Waals surface area contributed by atoms with E-state index in [-0.39, 0.29) is 11.8 Å². The minimum atomic E-state index is 0.0380. The molecular formula is C21H20ClN3O2. The lowest BCUT2D eigenvalue weighted by Crippen LogP contribution is -2.37. The Morgan fingerprint density at radius 2 is 1.74 bits per heavy atom. The largest absolute Gasteiger partial charge is 0.339 e. The summed E-state index contributed by atoms with van der Waals surface area (Å²) in [5, 5.41) is 4.75. The summed E-state index contributed by atoms with van der Waals surface area (Å²) in [6, 6.07) is 15.1. The van der Waals surface area contributed by atoms with Crippen LogP contribution in [0.4, 0.5) is 0 Å². The number of piperidine rings is 1. The van der Waals surface area contributed by atoms with Gasteiger partial charge in [0.25, 0.3) is 5.91 Å². The number of carbonyl (C=O) groups excluding carboxylic acids is 1. The molecule has 1 aromatic heterocycles. The van der Waals surface area contributed by atoms with Gasteiger partial charge in [-0.05, 0) is 44.0 Å². The molecule has 5 nitrogen and oxygen atoms in total. The Bertz CT molecular complexity index is 927. The van der Waals surface area contributed by atoms with Crippen molar-refractivity contribution in [1.29, 1.82) is 0 Å². The third-order valence-electron chi connectivity index (χ3n) is 4.97. The highest BCUT2D eigenvalue weighted by molar-refractivity contribution is 6.30. The molecule has 1 saturated heterocycles. The van der Waals surface area contributed by atoms with E-state index in [0.29, 0.717) is 35.4 Å². The third-order valence-corrected chi connectivity index (χ3v) is 5.23. The lowest BCUT2D eigenvalue weighted by atomic mass is 9.96. The van der Waals surface area contributed by atoms with Gasteiger partial charge < -0.3 is 9.42 Å². The number of aromatic nitrogens is 2. The van der Waals surface area contributed by atoms with Crippen molar-refractivity contribution in [2.24, 2.45) is 0 Å². The van der Waals surface area contributed by atoms with Crippen molar-refractivity contribution in [3.63, 3.8) is 0 Å². The summed E-state index contributed by atoms with van der Waals surface area (Å²) in [7, 11) is 0. The molecule has 0 spiro atoms. The summed E-state index contributed by atoms with van der Waals surface area (Å²) in [5.41, 5.74) is 2.81. The molecule has 0 unspecified atom stereocenters. The van der Waals surface area contributed by atoms with Crippen molar-refractivity contribution < 1.29 is 9.32 Å². The first-order valence-corrected chi connectivity index (χ1v) is 9.43. The van der Waals surface area contributed by atoms with Crippen LogP contribution in [0.1, 0.15) is 40.6 Å². The van der Waals surface area contributed by atoms with Crippen LogP contribution in [0.3, 0.4) is 0 Å². The maximum atomic E-state index is 12.6. The van der Waals surface area contributed by atoms with Gasteiger partial charge in [-0.15, -0.1) is 0 Å². The van der Waals surface area contributed by atoms with Crippen molar-refractivity contribution in [3.05, 3.63) is 70.6 Å². The second kappa shape index (κ2) is 7.53. The molecule has 4 rings (SSSR count). The zero-order chi connectivity index (χ0) is 18.8. The molecule has 0 radical (unpaired) electrons. The molecule has 0 aliphatic carbocycles. The van der Waals surface area contributed by atoms with Crippen molar-refractivity contribution in [3.8, 4) is 11.4 Å². The van der Waals surface area contributed by atoms with Gasteiger partial charge in [0.2, 0.25) is 11.7 Å². The van der Waals surface area contributed by atoms with Crippen LogP contribution < -0.4 is 0 Å². The van der Waals surface area contributed by atoms with E-state index in [1.807, 2.05) is 36.1 Å². The Morgan fingerprint density at radius 1 is 1.07 bits per heavy atom. The van der Waals surface area contributed by atoms with Crippen LogP contribution in [0.25, 0.3) is 11.4 Å². The van der Waals surface area contributed by atoms with Crippen LogP contribution in [-0.2, 0) is 0 Å². The first-order chi connectivity index (χ1) is 13.1. The Balaban J connectivity index is 1.40. The fourth-order valence-corrected chi connectivity index (χ4v) is 3.45. The third kappa shape index (κ3) is 3.88. The van der Waals surface area contributed by atoms with E-state index in [0.717, 1.165) is 18.4 Å². The van der Waals surface area contributed by atoms with Gasteiger partial charge in [-0.3, -0.25) is 4.79 Å². The Labute approximate surface area is 163 Å². The number of benzene rings is 2. The standard InChI is InChI=1S/C21H20ClN3O2/c1-14-2-4-15(5-3-14)19-23-20(27-24-19)16-10-12-25(13-11-16)21(26)17-6-8-18(22)9-7-17/h2-9,16H,10-13H2,1H3. The number of likely N-dealkylation sites (tertiary alicyclic amines) is 1. The quantitative estimate of drug-likeness (QED) is 0.658. The summed E-state index contributed by atoms with van der Waals surface area (Å²) in [4.78, 5) is 19.0. The number of carbonyl (C=O) groups is 1. The van der Waals surface area contributed by atoms with Gasteiger partial charge in [0.1, 0.15) is 0 Å². The Hall–Kier alpha value is -2.66.